The third-order valence-corrected chi connectivity index (χ3v) is 3.98. The molecule has 1 saturated heterocycles. The van der Waals surface area contributed by atoms with E-state index in [1.807, 2.05) is 12.1 Å². The number of aromatic amines is 1. The smallest absolute Gasteiger partial charge is 0.195 e. The van der Waals surface area contributed by atoms with Crippen LogP contribution in [-0.2, 0) is 0 Å². The van der Waals surface area contributed by atoms with Gasteiger partial charge < -0.3 is 4.90 Å². The second-order valence-corrected chi connectivity index (χ2v) is 5.38. The lowest BCUT2D eigenvalue weighted by atomic mass is 10.0. The van der Waals surface area contributed by atoms with Gasteiger partial charge in [-0.05, 0) is 57.3 Å². The van der Waals surface area contributed by atoms with E-state index in [1.165, 1.54) is 0 Å². The molecule has 0 unspecified atom stereocenters. The zero-order valence-corrected chi connectivity index (χ0v) is 11.7. The number of nitrogens with zero attached hydrogens (tertiary/aromatic N) is 4. The first-order valence-electron chi connectivity index (χ1n) is 6.51. The predicted octanol–water partition coefficient (Wildman–Crippen LogP) is 2.27. The van der Waals surface area contributed by atoms with Gasteiger partial charge in [-0.25, -0.2) is 0 Å². The van der Waals surface area contributed by atoms with E-state index < -0.39 is 0 Å². The Balaban J connectivity index is 1.98. The molecular weight excluding hydrogens is 258 g/mol. The van der Waals surface area contributed by atoms with Crippen molar-refractivity contribution in [2.24, 2.45) is 0 Å². The summed E-state index contributed by atoms with van der Waals surface area (Å²) in [6.45, 7) is 2.21. The van der Waals surface area contributed by atoms with Crippen LogP contribution in [-0.4, -0.2) is 44.8 Å². The van der Waals surface area contributed by atoms with Gasteiger partial charge in [0.15, 0.2) is 10.6 Å². The van der Waals surface area contributed by atoms with Crippen molar-refractivity contribution in [3.8, 4) is 11.4 Å². The van der Waals surface area contributed by atoms with E-state index in [0.29, 0.717) is 10.8 Å². The number of hydrogen-bond acceptors (Lipinski definition) is 4. The lowest BCUT2D eigenvalue weighted by molar-refractivity contribution is 0.221. The van der Waals surface area contributed by atoms with E-state index in [4.69, 9.17) is 12.2 Å². The van der Waals surface area contributed by atoms with Gasteiger partial charge in [-0.1, -0.05) is 0 Å². The molecule has 100 valence electrons. The summed E-state index contributed by atoms with van der Waals surface area (Å²) < 4.78 is 2.87. The normalized spacial score (nSPS) is 17.7. The van der Waals surface area contributed by atoms with Crippen molar-refractivity contribution < 1.29 is 0 Å². The lowest BCUT2D eigenvalue weighted by Crippen LogP contribution is -2.31. The molecule has 0 radical (unpaired) electrons. The van der Waals surface area contributed by atoms with E-state index in [0.717, 1.165) is 37.3 Å². The first kappa shape index (κ1) is 12.5. The second kappa shape index (κ2) is 5.22. The topological polar surface area (TPSA) is 49.7 Å². The standard InChI is InChI=1S/C13H17N5S/c1-17-8-4-11(5-9-17)18-12(15-16-13(18)19)10-2-6-14-7-3-10/h2-3,6-7,11H,4-5,8-9H2,1H3,(H,16,19). The van der Waals surface area contributed by atoms with Crippen molar-refractivity contribution in [2.45, 2.75) is 18.9 Å². The molecule has 1 N–H and O–H groups in total. The Morgan fingerprint density at radius 3 is 2.63 bits per heavy atom. The summed E-state index contributed by atoms with van der Waals surface area (Å²) in [5.41, 5.74) is 1.06. The maximum Gasteiger partial charge on any atom is 0.195 e. The molecule has 0 amide bonds. The van der Waals surface area contributed by atoms with E-state index in [1.54, 1.807) is 12.4 Å². The highest BCUT2D eigenvalue weighted by Crippen LogP contribution is 2.27. The number of nitrogens with one attached hydrogen (secondary N) is 1. The Bertz CT molecular complexity index is 595. The molecule has 0 saturated carbocycles. The van der Waals surface area contributed by atoms with E-state index in [2.05, 4.69) is 31.7 Å². The molecule has 0 aliphatic carbocycles. The molecule has 2 aromatic heterocycles. The quantitative estimate of drug-likeness (QED) is 0.854. The van der Waals surface area contributed by atoms with Crippen LogP contribution in [0, 0.1) is 4.77 Å². The van der Waals surface area contributed by atoms with E-state index in [9.17, 15) is 0 Å². The third-order valence-electron chi connectivity index (χ3n) is 3.70. The number of piperidine rings is 1. The van der Waals surface area contributed by atoms with Gasteiger partial charge in [0.25, 0.3) is 0 Å². The number of H-pyrrole nitrogens is 1. The molecular formula is C13H17N5S. The van der Waals surface area contributed by atoms with Crippen LogP contribution in [0.5, 0.6) is 0 Å². The average molecular weight is 275 g/mol. The van der Waals surface area contributed by atoms with Crippen LogP contribution in [0.1, 0.15) is 18.9 Å². The zero-order chi connectivity index (χ0) is 13.2. The van der Waals surface area contributed by atoms with Crippen molar-refractivity contribution in [1.82, 2.24) is 24.6 Å². The van der Waals surface area contributed by atoms with Crippen LogP contribution in [0.4, 0.5) is 0 Å². The Kier molecular flexibility index (Phi) is 3.44. The summed E-state index contributed by atoms with van der Waals surface area (Å²) in [6, 6.07) is 4.37. The molecule has 19 heavy (non-hydrogen) atoms. The molecule has 1 aliphatic heterocycles. The summed E-state index contributed by atoms with van der Waals surface area (Å²) in [7, 11) is 2.16. The molecule has 0 spiro atoms. The van der Waals surface area contributed by atoms with Gasteiger partial charge in [0.2, 0.25) is 0 Å². The number of aromatic nitrogens is 4. The molecule has 2 aromatic rings. The molecule has 1 fully saturated rings. The maximum atomic E-state index is 5.40. The van der Waals surface area contributed by atoms with Crippen LogP contribution < -0.4 is 0 Å². The average Bonchev–Trinajstić information content (AvgIpc) is 2.83. The maximum absolute atomic E-state index is 5.40. The highest BCUT2D eigenvalue weighted by Gasteiger charge is 2.22. The van der Waals surface area contributed by atoms with E-state index >= 15 is 0 Å². The third kappa shape index (κ3) is 2.46. The van der Waals surface area contributed by atoms with Crippen LogP contribution in [0.25, 0.3) is 11.4 Å². The van der Waals surface area contributed by atoms with Gasteiger partial charge in [0.1, 0.15) is 0 Å². The summed E-state index contributed by atoms with van der Waals surface area (Å²) in [5, 5.41) is 7.31. The Morgan fingerprint density at radius 2 is 1.95 bits per heavy atom. The Morgan fingerprint density at radius 1 is 1.26 bits per heavy atom. The molecule has 6 heteroatoms. The minimum atomic E-state index is 0.436. The predicted molar refractivity (Wildman–Crippen MR) is 76.4 cm³/mol. The summed E-state index contributed by atoms with van der Waals surface area (Å²) in [4.78, 5) is 6.40. The van der Waals surface area contributed by atoms with Crippen LogP contribution in [0.15, 0.2) is 24.5 Å². The fourth-order valence-corrected chi connectivity index (χ4v) is 2.88. The number of likely N-dealkylation sites (tertiary alicyclic amines) is 1. The van der Waals surface area contributed by atoms with Crippen molar-refractivity contribution in [1.29, 1.82) is 0 Å². The molecule has 0 aromatic carbocycles. The van der Waals surface area contributed by atoms with E-state index in [-0.39, 0.29) is 0 Å². The van der Waals surface area contributed by atoms with Gasteiger partial charge in [-0.3, -0.25) is 14.6 Å². The summed E-state index contributed by atoms with van der Waals surface area (Å²) in [6.07, 6.45) is 5.79. The molecule has 3 heterocycles. The molecule has 3 rings (SSSR count). The molecule has 1 aliphatic rings. The second-order valence-electron chi connectivity index (χ2n) is 4.99. The molecule has 0 atom stereocenters. The van der Waals surface area contributed by atoms with Gasteiger partial charge in [-0.15, -0.1) is 0 Å². The summed E-state index contributed by atoms with van der Waals surface area (Å²) in [5.74, 6) is 0.918. The van der Waals surface area contributed by atoms with Crippen molar-refractivity contribution in [2.75, 3.05) is 20.1 Å². The van der Waals surface area contributed by atoms with Crippen molar-refractivity contribution in [3.63, 3.8) is 0 Å². The first-order chi connectivity index (χ1) is 9.25. The highest BCUT2D eigenvalue weighted by molar-refractivity contribution is 7.71. The van der Waals surface area contributed by atoms with Gasteiger partial charge in [-0.2, -0.15) is 5.10 Å². The van der Waals surface area contributed by atoms with Crippen LogP contribution in [0.3, 0.4) is 0 Å². The van der Waals surface area contributed by atoms with Crippen molar-refractivity contribution in [3.05, 3.63) is 29.3 Å². The number of rotatable bonds is 2. The largest absolute Gasteiger partial charge is 0.306 e. The molecule has 5 nitrogen and oxygen atoms in total. The van der Waals surface area contributed by atoms with Crippen LogP contribution in [0.2, 0.25) is 0 Å². The fourth-order valence-electron chi connectivity index (χ4n) is 2.60. The summed E-state index contributed by atoms with van der Waals surface area (Å²) >= 11 is 5.40. The lowest BCUT2D eigenvalue weighted by Gasteiger charge is -2.30. The first-order valence-corrected chi connectivity index (χ1v) is 6.92. The minimum Gasteiger partial charge on any atom is -0.306 e. The monoisotopic (exact) mass is 275 g/mol. The van der Waals surface area contributed by atoms with Gasteiger partial charge in [0, 0.05) is 24.0 Å². The number of pyridine rings is 1. The van der Waals surface area contributed by atoms with Gasteiger partial charge in [0.05, 0.1) is 0 Å². The zero-order valence-electron chi connectivity index (χ0n) is 10.9. The van der Waals surface area contributed by atoms with Gasteiger partial charge >= 0.3 is 0 Å². The number of hydrogen-bond donors (Lipinski definition) is 1. The molecule has 0 bridgehead atoms. The van der Waals surface area contributed by atoms with Crippen LogP contribution >= 0.6 is 12.2 Å². The fraction of sp³-hybridized carbons (Fsp3) is 0.462. The highest BCUT2D eigenvalue weighted by atomic mass is 32.1. The SMILES string of the molecule is CN1CCC(n2c(-c3ccncc3)n[nH]c2=S)CC1. The van der Waals surface area contributed by atoms with Crippen molar-refractivity contribution >= 4 is 12.2 Å². The Hall–Kier alpha value is -1.53. The Labute approximate surface area is 117 Å². The minimum absolute atomic E-state index is 0.436.